The summed E-state index contributed by atoms with van der Waals surface area (Å²) in [6.07, 6.45) is 8.33. The number of aryl methyl sites for hydroxylation is 1. The predicted octanol–water partition coefficient (Wildman–Crippen LogP) is 2.86. The molecule has 94 valence electrons. The molecule has 2 aliphatic heterocycles. The van der Waals surface area contributed by atoms with Crippen LogP contribution in [-0.4, -0.2) is 22.9 Å². The van der Waals surface area contributed by atoms with Crippen LogP contribution in [0, 0.1) is 6.92 Å². The van der Waals surface area contributed by atoms with Gasteiger partial charge in [0.2, 0.25) is 5.91 Å². The summed E-state index contributed by atoms with van der Waals surface area (Å²) in [5, 5.41) is 0. The van der Waals surface area contributed by atoms with Crippen LogP contribution in [0.25, 0.3) is 0 Å². The second-order valence-corrected chi connectivity index (χ2v) is 5.43. The lowest BCUT2D eigenvalue weighted by Gasteiger charge is -2.31. The predicted molar refractivity (Wildman–Crippen MR) is 72.3 cm³/mol. The van der Waals surface area contributed by atoms with E-state index in [1.165, 1.54) is 5.56 Å². The number of nitrogens with zero attached hydrogens (tertiary/aromatic N) is 1. The molecule has 2 nitrogen and oxygen atoms in total. The van der Waals surface area contributed by atoms with Crippen LogP contribution in [-0.2, 0) is 11.2 Å². The minimum absolute atomic E-state index is 0.289. The second kappa shape index (κ2) is 4.60. The van der Waals surface area contributed by atoms with Gasteiger partial charge in [0.15, 0.2) is 0 Å². The van der Waals surface area contributed by atoms with Crippen molar-refractivity contribution in [1.29, 1.82) is 0 Å². The van der Waals surface area contributed by atoms with Crippen molar-refractivity contribution < 1.29 is 4.79 Å². The molecule has 18 heavy (non-hydrogen) atoms. The number of hydrogen-bond donors (Lipinski definition) is 0. The number of benzene rings is 1. The van der Waals surface area contributed by atoms with Crippen LogP contribution in [0.1, 0.15) is 30.4 Å². The molecular weight excluding hydrogens is 222 g/mol. The Bertz CT molecular complexity index is 492. The number of carbonyl (C=O) groups excluding carboxylic acids is 1. The highest BCUT2D eigenvalue weighted by Gasteiger charge is 2.36. The summed E-state index contributed by atoms with van der Waals surface area (Å²) in [4.78, 5) is 14.5. The van der Waals surface area contributed by atoms with E-state index >= 15 is 0 Å². The van der Waals surface area contributed by atoms with Crippen molar-refractivity contribution in [3.8, 4) is 0 Å². The van der Waals surface area contributed by atoms with Gasteiger partial charge in [-0.2, -0.15) is 0 Å². The first-order chi connectivity index (χ1) is 8.74. The average molecular weight is 241 g/mol. The maximum atomic E-state index is 12.4. The molecular formula is C16H19NO. The Hall–Kier alpha value is -1.57. The minimum atomic E-state index is 0.289. The molecule has 0 aliphatic carbocycles. The molecule has 1 aromatic carbocycles. The van der Waals surface area contributed by atoms with Gasteiger partial charge in [-0.1, -0.05) is 42.0 Å². The molecule has 0 aromatic heterocycles. The van der Waals surface area contributed by atoms with Crippen molar-refractivity contribution in [2.45, 2.75) is 44.7 Å². The lowest BCUT2D eigenvalue weighted by atomic mass is 10.1. The summed E-state index contributed by atoms with van der Waals surface area (Å²) >= 11 is 0. The Morgan fingerprint density at radius 1 is 1.39 bits per heavy atom. The summed E-state index contributed by atoms with van der Waals surface area (Å²) in [6, 6.07) is 9.08. The Labute approximate surface area is 108 Å². The maximum Gasteiger partial charge on any atom is 0.227 e. The number of amides is 1. The normalized spacial score (nSPS) is 25.5. The highest BCUT2D eigenvalue weighted by Crippen LogP contribution is 2.31. The minimum Gasteiger partial charge on any atom is -0.333 e. The van der Waals surface area contributed by atoms with Gasteiger partial charge in [0.1, 0.15) is 0 Å². The van der Waals surface area contributed by atoms with Crippen LogP contribution >= 0.6 is 0 Å². The van der Waals surface area contributed by atoms with Crippen LogP contribution in [0.15, 0.2) is 36.4 Å². The summed E-state index contributed by atoms with van der Waals surface area (Å²) in [6.45, 7) is 2.07. The van der Waals surface area contributed by atoms with Crippen molar-refractivity contribution >= 4 is 5.91 Å². The van der Waals surface area contributed by atoms with Crippen LogP contribution in [0.5, 0.6) is 0 Å². The molecule has 1 fully saturated rings. The zero-order valence-electron chi connectivity index (χ0n) is 10.8. The summed E-state index contributed by atoms with van der Waals surface area (Å²) < 4.78 is 0. The van der Waals surface area contributed by atoms with E-state index in [0.717, 1.165) is 24.8 Å². The highest BCUT2D eigenvalue weighted by atomic mass is 16.2. The maximum absolute atomic E-state index is 12.4. The van der Waals surface area contributed by atoms with Crippen molar-refractivity contribution in [1.82, 2.24) is 4.90 Å². The van der Waals surface area contributed by atoms with Crippen LogP contribution in [0.4, 0.5) is 0 Å². The Balaban J connectivity index is 1.74. The fourth-order valence-electron chi connectivity index (χ4n) is 3.20. The molecule has 3 rings (SSSR count). The van der Waals surface area contributed by atoms with Gasteiger partial charge in [-0.3, -0.25) is 4.79 Å². The third-order valence-corrected chi connectivity index (χ3v) is 4.04. The van der Waals surface area contributed by atoms with Crippen LogP contribution < -0.4 is 0 Å². The lowest BCUT2D eigenvalue weighted by Crippen LogP contribution is -2.42. The quantitative estimate of drug-likeness (QED) is 0.729. The molecule has 0 unspecified atom stereocenters. The average Bonchev–Trinajstić information content (AvgIpc) is 2.60. The van der Waals surface area contributed by atoms with Gasteiger partial charge in [0, 0.05) is 6.04 Å². The van der Waals surface area contributed by atoms with Crippen molar-refractivity contribution in [2.75, 3.05) is 0 Å². The Morgan fingerprint density at radius 3 is 3.06 bits per heavy atom. The molecule has 1 saturated heterocycles. The van der Waals surface area contributed by atoms with Gasteiger partial charge in [0.25, 0.3) is 0 Å². The van der Waals surface area contributed by atoms with Crippen molar-refractivity contribution in [3.63, 3.8) is 0 Å². The number of hydrogen-bond acceptors (Lipinski definition) is 1. The van der Waals surface area contributed by atoms with E-state index in [4.69, 9.17) is 0 Å². The van der Waals surface area contributed by atoms with Gasteiger partial charge >= 0.3 is 0 Å². The molecule has 2 aliphatic rings. The largest absolute Gasteiger partial charge is 0.333 e. The van der Waals surface area contributed by atoms with E-state index in [1.54, 1.807) is 0 Å². The first kappa shape index (κ1) is 11.5. The number of rotatable bonds is 2. The summed E-state index contributed by atoms with van der Waals surface area (Å²) in [5.41, 5.74) is 2.36. The standard InChI is InChI=1S/C16H19NO/c1-12-4-2-5-13(10-12)11-16(18)17-14-6-3-7-15(17)9-8-14/h2-6,10,14-15H,7-9,11H2,1H3/t14-,15-/m0/s1. The molecule has 1 amide bonds. The molecule has 0 spiro atoms. The molecule has 0 radical (unpaired) electrons. The molecule has 2 atom stereocenters. The molecule has 0 N–H and O–H groups in total. The van der Waals surface area contributed by atoms with Gasteiger partial charge < -0.3 is 4.90 Å². The lowest BCUT2D eigenvalue weighted by molar-refractivity contribution is -0.132. The molecule has 2 heteroatoms. The summed E-state index contributed by atoms with van der Waals surface area (Å²) in [7, 11) is 0. The number of carbonyl (C=O) groups is 1. The van der Waals surface area contributed by atoms with Gasteiger partial charge in [-0.15, -0.1) is 0 Å². The molecule has 2 bridgehead atoms. The topological polar surface area (TPSA) is 20.3 Å². The zero-order valence-corrected chi connectivity index (χ0v) is 10.8. The first-order valence-electron chi connectivity index (χ1n) is 6.77. The van der Waals surface area contributed by atoms with E-state index < -0.39 is 0 Å². The third kappa shape index (κ3) is 2.07. The molecule has 0 saturated carbocycles. The molecule has 2 heterocycles. The van der Waals surface area contributed by atoms with Gasteiger partial charge in [-0.25, -0.2) is 0 Å². The highest BCUT2D eigenvalue weighted by molar-refractivity contribution is 5.80. The first-order valence-corrected chi connectivity index (χ1v) is 6.77. The fraction of sp³-hybridized carbons (Fsp3) is 0.438. The van der Waals surface area contributed by atoms with E-state index in [2.05, 4.69) is 36.1 Å². The number of fused-ring (bicyclic) bond motifs is 2. The van der Waals surface area contributed by atoms with Crippen molar-refractivity contribution in [3.05, 3.63) is 47.5 Å². The fourth-order valence-corrected chi connectivity index (χ4v) is 3.20. The third-order valence-electron chi connectivity index (χ3n) is 4.04. The molecule has 1 aromatic rings. The van der Waals surface area contributed by atoms with E-state index in [1.807, 2.05) is 12.1 Å². The Kier molecular flexibility index (Phi) is 2.94. The van der Waals surface area contributed by atoms with E-state index in [-0.39, 0.29) is 5.91 Å². The van der Waals surface area contributed by atoms with Gasteiger partial charge in [-0.05, 0) is 31.7 Å². The SMILES string of the molecule is Cc1cccc(CC(=O)N2[C@H]3CC=C[C@H]2CC3)c1. The van der Waals surface area contributed by atoms with Gasteiger partial charge in [0.05, 0.1) is 12.5 Å². The Morgan fingerprint density at radius 2 is 2.28 bits per heavy atom. The zero-order chi connectivity index (χ0) is 12.5. The van der Waals surface area contributed by atoms with Crippen LogP contribution in [0.2, 0.25) is 0 Å². The van der Waals surface area contributed by atoms with Crippen LogP contribution in [0.3, 0.4) is 0 Å². The second-order valence-electron chi connectivity index (χ2n) is 5.43. The van der Waals surface area contributed by atoms with E-state index in [0.29, 0.717) is 18.5 Å². The van der Waals surface area contributed by atoms with E-state index in [9.17, 15) is 4.79 Å². The monoisotopic (exact) mass is 241 g/mol. The van der Waals surface area contributed by atoms with Crippen molar-refractivity contribution in [2.24, 2.45) is 0 Å². The smallest absolute Gasteiger partial charge is 0.227 e. The summed E-state index contributed by atoms with van der Waals surface area (Å²) in [5.74, 6) is 0.289.